The van der Waals surface area contributed by atoms with Crippen molar-refractivity contribution < 1.29 is 23.5 Å². The van der Waals surface area contributed by atoms with Crippen molar-refractivity contribution in [2.75, 3.05) is 33.8 Å². The lowest BCUT2D eigenvalue weighted by Crippen LogP contribution is -2.41. The highest BCUT2D eigenvalue weighted by atomic mass is 16.5. The number of nitrogens with zero attached hydrogens (tertiary/aromatic N) is 2. The van der Waals surface area contributed by atoms with Gasteiger partial charge < -0.3 is 19.0 Å². The normalized spacial score (nSPS) is 9.95. The molecule has 0 N–H and O–H groups in total. The number of likely N-dealkylation sites (N-methyl/N-ethyl adjacent to an activating group) is 2. The Hall–Kier alpha value is -2.31. The third-order valence-corrected chi connectivity index (χ3v) is 2.55. The number of ether oxygens (including phenoxy) is 1. The average molecular weight is 282 g/mol. The predicted octanol–water partition coefficient (Wildman–Crippen LogP) is 0.373. The fourth-order valence-electron chi connectivity index (χ4n) is 1.47. The van der Waals surface area contributed by atoms with Crippen LogP contribution in [-0.4, -0.2) is 61.4 Å². The summed E-state index contributed by atoms with van der Waals surface area (Å²) in [6, 6.07) is 3.11. The van der Waals surface area contributed by atoms with Gasteiger partial charge in [0.1, 0.15) is 6.54 Å². The van der Waals surface area contributed by atoms with Crippen LogP contribution >= 0.6 is 0 Å². The number of furan rings is 1. The Morgan fingerprint density at radius 2 is 1.90 bits per heavy atom. The SMILES string of the molecule is CCOC(=O)CN(C)C(=O)CN(C)C(=O)c1ccco1. The summed E-state index contributed by atoms with van der Waals surface area (Å²) in [4.78, 5) is 37.4. The van der Waals surface area contributed by atoms with E-state index in [0.29, 0.717) is 0 Å². The highest BCUT2D eigenvalue weighted by Gasteiger charge is 2.20. The maximum Gasteiger partial charge on any atom is 0.325 e. The van der Waals surface area contributed by atoms with Gasteiger partial charge in [-0.3, -0.25) is 14.4 Å². The molecule has 0 bridgehead atoms. The van der Waals surface area contributed by atoms with Crippen LogP contribution in [0.1, 0.15) is 17.5 Å². The maximum atomic E-state index is 11.9. The van der Waals surface area contributed by atoms with Gasteiger partial charge in [-0.2, -0.15) is 0 Å². The lowest BCUT2D eigenvalue weighted by atomic mass is 10.3. The number of amides is 2. The third kappa shape index (κ3) is 4.42. The summed E-state index contributed by atoms with van der Waals surface area (Å²) < 4.78 is 9.71. The highest BCUT2D eigenvalue weighted by Crippen LogP contribution is 2.04. The summed E-state index contributed by atoms with van der Waals surface area (Å²) in [6.07, 6.45) is 1.38. The van der Waals surface area contributed by atoms with E-state index in [9.17, 15) is 14.4 Å². The highest BCUT2D eigenvalue weighted by molar-refractivity contribution is 5.94. The molecule has 20 heavy (non-hydrogen) atoms. The molecule has 1 aromatic heterocycles. The Labute approximate surface area is 117 Å². The van der Waals surface area contributed by atoms with Crippen LogP contribution in [0, 0.1) is 0 Å². The van der Waals surface area contributed by atoms with Crippen molar-refractivity contribution in [3.63, 3.8) is 0 Å². The third-order valence-electron chi connectivity index (χ3n) is 2.55. The van der Waals surface area contributed by atoms with E-state index in [2.05, 4.69) is 0 Å². The summed E-state index contributed by atoms with van der Waals surface area (Å²) in [7, 11) is 2.96. The van der Waals surface area contributed by atoms with Crippen LogP contribution in [-0.2, 0) is 14.3 Å². The van der Waals surface area contributed by atoms with E-state index in [-0.39, 0.29) is 31.4 Å². The van der Waals surface area contributed by atoms with Gasteiger partial charge in [-0.05, 0) is 19.1 Å². The van der Waals surface area contributed by atoms with Gasteiger partial charge in [0.15, 0.2) is 5.76 Å². The molecule has 0 saturated carbocycles. The monoisotopic (exact) mass is 282 g/mol. The van der Waals surface area contributed by atoms with Crippen molar-refractivity contribution in [3.8, 4) is 0 Å². The molecule has 0 fully saturated rings. The van der Waals surface area contributed by atoms with E-state index in [1.807, 2.05) is 0 Å². The quantitative estimate of drug-likeness (QED) is 0.704. The van der Waals surface area contributed by atoms with E-state index in [4.69, 9.17) is 9.15 Å². The molecule has 0 spiro atoms. The molecule has 1 aromatic rings. The largest absolute Gasteiger partial charge is 0.465 e. The molecule has 0 atom stereocenters. The fraction of sp³-hybridized carbons (Fsp3) is 0.462. The molecule has 7 nitrogen and oxygen atoms in total. The Balaban J connectivity index is 2.48. The maximum absolute atomic E-state index is 11.9. The minimum absolute atomic E-state index is 0.143. The zero-order chi connectivity index (χ0) is 15.1. The van der Waals surface area contributed by atoms with Gasteiger partial charge in [-0.15, -0.1) is 0 Å². The lowest BCUT2D eigenvalue weighted by molar-refractivity contribution is -0.148. The van der Waals surface area contributed by atoms with Crippen molar-refractivity contribution in [1.82, 2.24) is 9.80 Å². The average Bonchev–Trinajstić information content (AvgIpc) is 2.91. The zero-order valence-electron chi connectivity index (χ0n) is 11.8. The van der Waals surface area contributed by atoms with Crippen molar-refractivity contribution in [2.24, 2.45) is 0 Å². The van der Waals surface area contributed by atoms with Crippen LogP contribution in [0.25, 0.3) is 0 Å². The molecular formula is C13H18N2O5. The fourth-order valence-corrected chi connectivity index (χ4v) is 1.47. The Kier molecular flexibility index (Phi) is 5.76. The topological polar surface area (TPSA) is 80.1 Å². The van der Waals surface area contributed by atoms with Gasteiger partial charge in [0.2, 0.25) is 5.91 Å². The summed E-state index contributed by atoms with van der Waals surface area (Å²) in [5.41, 5.74) is 0. The van der Waals surface area contributed by atoms with E-state index < -0.39 is 11.9 Å². The van der Waals surface area contributed by atoms with Crippen molar-refractivity contribution in [2.45, 2.75) is 6.92 Å². The molecule has 1 rings (SSSR count). The molecule has 0 aliphatic rings. The number of hydrogen-bond donors (Lipinski definition) is 0. The zero-order valence-corrected chi connectivity index (χ0v) is 11.8. The summed E-state index contributed by atoms with van der Waals surface area (Å²) in [6.45, 7) is 1.66. The van der Waals surface area contributed by atoms with Gasteiger partial charge in [0.25, 0.3) is 5.91 Å². The van der Waals surface area contributed by atoms with Crippen LogP contribution in [0.4, 0.5) is 0 Å². The molecule has 0 aromatic carbocycles. The first kappa shape index (κ1) is 15.7. The second kappa shape index (κ2) is 7.32. The molecule has 7 heteroatoms. The molecule has 0 aliphatic heterocycles. The van der Waals surface area contributed by atoms with E-state index in [1.165, 1.54) is 36.2 Å². The van der Waals surface area contributed by atoms with Crippen LogP contribution in [0.3, 0.4) is 0 Å². The first-order chi connectivity index (χ1) is 9.45. The summed E-state index contributed by atoms with van der Waals surface area (Å²) >= 11 is 0. The number of rotatable bonds is 6. The Morgan fingerprint density at radius 1 is 1.20 bits per heavy atom. The van der Waals surface area contributed by atoms with Gasteiger partial charge in [-0.25, -0.2) is 0 Å². The van der Waals surface area contributed by atoms with Gasteiger partial charge in [0.05, 0.1) is 19.4 Å². The van der Waals surface area contributed by atoms with Crippen LogP contribution in [0.15, 0.2) is 22.8 Å². The molecule has 110 valence electrons. The van der Waals surface area contributed by atoms with Crippen LogP contribution < -0.4 is 0 Å². The van der Waals surface area contributed by atoms with Gasteiger partial charge >= 0.3 is 5.97 Å². The van der Waals surface area contributed by atoms with Gasteiger partial charge in [-0.1, -0.05) is 0 Å². The molecule has 0 unspecified atom stereocenters. The minimum atomic E-state index is -0.483. The van der Waals surface area contributed by atoms with Crippen LogP contribution in [0.2, 0.25) is 0 Å². The smallest absolute Gasteiger partial charge is 0.325 e. The summed E-state index contributed by atoms with van der Waals surface area (Å²) in [5, 5.41) is 0. The number of esters is 1. The Bertz CT molecular complexity index is 469. The van der Waals surface area contributed by atoms with Crippen molar-refractivity contribution in [1.29, 1.82) is 0 Å². The number of hydrogen-bond acceptors (Lipinski definition) is 5. The first-order valence-corrected chi connectivity index (χ1v) is 6.14. The second-order valence-electron chi connectivity index (χ2n) is 4.19. The van der Waals surface area contributed by atoms with Crippen LogP contribution in [0.5, 0.6) is 0 Å². The molecule has 2 amide bonds. The molecule has 1 heterocycles. The van der Waals surface area contributed by atoms with E-state index in [0.717, 1.165) is 0 Å². The summed E-state index contributed by atoms with van der Waals surface area (Å²) in [5.74, 6) is -1.08. The van der Waals surface area contributed by atoms with Crippen molar-refractivity contribution >= 4 is 17.8 Å². The molecule has 0 saturated heterocycles. The minimum Gasteiger partial charge on any atom is -0.465 e. The predicted molar refractivity (Wildman–Crippen MR) is 69.9 cm³/mol. The Morgan fingerprint density at radius 3 is 2.45 bits per heavy atom. The van der Waals surface area contributed by atoms with E-state index >= 15 is 0 Å². The van der Waals surface area contributed by atoms with Gasteiger partial charge in [0, 0.05) is 14.1 Å². The molecule has 0 radical (unpaired) electrons. The number of carbonyl (C=O) groups is 3. The standard InChI is InChI=1S/C13H18N2O5/c1-4-19-12(17)9-14(2)11(16)8-15(3)13(18)10-6-5-7-20-10/h5-7H,4,8-9H2,1-3H3. The first-order valence-electron chi connectivity index (χ1n) is 6.14. The molecule has 0 aliphatic carbocycles. The molecular weight excluding hydrogens is 264 g/mol. The lowest BCUT2D eigenvalue weighted by Gasteiger charge is -2.20. The number of carbonyl (C=O) groups excluding carboxylic acids is 3. The second-order valence-corrected chi connectivity index (χ2v) is 4.19. The van der Waals surface area contributed by atoms with E-state index in [1.54, 1.807) is 13.0 Å². The van der Waals surface area contributed by atoms with Crippen molar-refractivity contribution in [3.05, 3.63) is 24.2 Å².